The molecule has 1 N–H and O–H groups in total. The number of anilines is 1. The number of likely N-dealkylation sites (tertiary alicyclic amines) is 1. The smallest absolute Gasteiger partial charge is 0.395 e. The lowest BCUT2D eigenvalue weighted by molar-refractivity contribution is -0.137. The van der Waals surface area contributed by atoms with Crippen molar-refractivity contribution in [3.8, 4) is 17.3 Å². The number of nitriles is 1. The Bertz CT molecular complexity index is 974. The van der Waals surface area contributed by atoms with E-state index in [-0.39, 0.29) is 30.2 Å². The van der Waals surface area contributed by atoms with E-state index in [1.807, 2.05) is 6.92 Å². The van der Waals surface area contributed by atoms with Crippen molar-refractivity contribution in [3.05, 3.63) is 29.6 Å². The summed E-state index contributed by atoms with van der Waals surface area (Å²) in [6.45, 7) is 4.93. The highest BCUT2D eigenvalue weighted by molar-refractivity contribution is 5.68. The van der Waals surface area contributed by atoms with E-state index >= 15 is 0 Å². The van der Waals surface area contributed by atoms with Gasteiger partial charge in [0.1, 0.15) is 17.5 Å². The van der Waals surface area contributed by atoms with Gasteiger partial charge >= 0.3 is 6.18 Å². The Balaban J connectivity index is 1.66. The second kappa shape index (κ2) is 8.48. The molecule has 166 valence electrons. The van der Waals surface area contributed by atoms with Gasteiger partial charge in [-0.25, -0.2) is 4.98 Å². The van der Waals surface area contributed by atoms with Crippen molar-refractivity contribution in [1.29, 1.82) is 5.26 Å². The summed E-state index contributed by atoms with van der Waals surface area (Å²) < 4.78 is 43.0. The Morgan fingerprint density at radius 2 is 1.97 bits per heavy atom. The first-order valence-corrected chi connectivity index (χ1v) is 10.5. The van der Waals surface area contributed by atoms with Crippen LogP contribution in [0.5, 0.6) is 0 Å². The van der Waals surface area contributed by atoms with E-state index in [0.717, 1.165) is 38.4 Å². The zero-order valence-electron chi connectivity index (χ0n) is 17.3. The van der Waals surface area contributed by atoms with Gasteiger partial charge in [0, 0.05) is 44.0 Å². The zero-order valence-corrected chi connectivity index (χ0v) is 17.3. The minimum atomic E-state index is -4.65. The van der Waals surface area contributed by atoms with Gasteiger partial charge in [0.2, 0.25) is 0 Å². The Kier molecular flexibility index (Phi) is 5.90. The van der Waals surface area contributed by atoms with Crippen LogP contribution in [0.1, 0.15) is 43.4 Å². The Morgan fingerprint density at radius 1 is 1.23 bits per heavy atom. The summed E-state index contributed by atoms with van der Waals surface area (Å²) in [4.78, 5) is 8.40. The van der Waals surface area contributed by atoms with Crippen LogP contribution >= 0.6 is 0 Å². The summed E-state index contributed by atoms with van der Waals surface area (Å²) in [6.07, 6.45) is 1.19. The van der Waals surface area contributed by atoms with E-state index in [1.165, 1.54) is 6.20 Å². The predicted molar refractivity (Wildman–Crippen MR) is 108 cm³/mol. The molecule has 0 aliphatic carbocycles. The van der Waals surface area contributed by atoms with E-state index in [9.17, 15) is 18.4 Å². The molecule has 2 saturated heterocycles. The van der Waals surface area contributed by atoms with Crippen molar-refractivity contribution in [2.24, 2.45) is 0 Å². The van der Waals surface area contributed by atoms with Crippen molar-refractivity contribution in [3.63, 3.8) is 0 Å². The number of halogens is 3. The summed E-state index contributed by atoms with van der Waals surface area (Å²) in [5.74, 6) is 0.0936. The third-order valence-electron chi connectivity index (χ3n) is 6.25. The third kappa shape index (κ3) is 4.25. The molecule has 0 spiro atoms. The Hall–Kier alpha value is -2.64. The highest BCUT2D eigenvalue weighted by Gasteiger charge is 2.38. The van der Waals surface area contributed by atoms with Gasteiger partial charge in [-0.2, -0.15) is 23.5 Å². The second-order valence-electron chi connectivity index (χ2n) is 8.20. The van der Waals surface area contributed by atoms with E-state index in [2.05, 4.69) is 15.0 Å². The number of aromatic nitrogens is 3. The molecule has 2 aromatic heterocycles. The maximum Gasteiger partial charge on any atom is 0.417 e. The van der Waals surface area contributed by atoms with Gasteiger partial charge in [-0.3, -0.25) is 4.68 Å². The van der Waals surface area contributed by atoms with Crippen LogP contribution in [0.15, 0.2) is 18.5 Å². The molecule has 2 fully saturated rings. The minimum Gasteiger partial charge on any atom is -0.395 e. The fraction of sp³-hybridized carbons (Fsp3) is 0.571. The van der Waals surface area contributed by atoms with Gasteiger partial charge in [-0.15, -0.1) is 0 Å². The quantitative estimate of drug-likeness (QED) is 0.779. The predicted octanol–water partition coefficient (Wildman–Crippen LogP) is 3.06. The first kappa shape index (κ1) is 21.6. The topological polar surface area (TPSA) is 81.2 Å². The fourth-order valence-corrected chi connectivity index (χ4v) is 4.27. The summed E-state index contributed by atoms with van der Waals surface area (Å²) in [5, 5.41) is 22.9. The van der Waals surface area contributed by atoms with Crippen LogP contribution in [0.25, 0.3) is 11.3 Å². The standard InChI is InChI=1S/C21H25F3N6O/c1-14-2-7-29(14)20-17(11-25)18(21(22,23)24)10-19(27-20)15-12-26-30(13-15)16-3-5-28(6-4-16)8-9-31/h10,12-14,16,31H,2-9H2,1H3/t14-/m0/s1. The minimum absolute atomic E-state index is 0.0442. The number of rotatable bonds is 5. The number of aliphatic hydroxyl groups is 1. The number of hydrogen-bond donors (Lipinski definition) is 1. The highest BCUT2D eigenvalue weighted by atomic mass is 19.4. The van der Waals surface area contributed by atoms with Crippen LogP contribution in [0.3, 0.4) is 0 Å². The van der Waals surface area contributed by atoms with Gasteiger partial charge in [0.05, 0.1) is 30.1 Å². The van der Waals surface area contributed by atoms with Crippen molar-refractivity contribution in [2.45, 2.75) is 44.4 Å². The van der Waals surface area contributed by atoms with Crippen molar-refractivity contribution < 1.29 is 18.3 Å². The molecule has 4 rings (SSSR count). The molecule has 1 atom stereocenters. The van der Waals surface area contributed by atoms with E-state index < -0.39 is 17.3 Å². The normalized spacial score (nSPS) is 20.5. The lowest BCUT2D eigenvalue weighted by Gasteiger charge is -2.40. The number of piperidine rings is 1. The maximum absolute atomic E-state index is 13.7. The Labute approximate surface area is 178 Å². The molecule has 2 aliphatic heterocycles. The first-order valence-electron chi connectivity index (χ1n) is 10.5. The molecule has 2 aromatic rings. The van der Waals surface area contributed by atoms with Gasteiger partial charge in [0.15, 0.2) is 0 Å². The molecule has 31 heavy (non-hydrogen) atoms. The average molecular weight is 434 g/mol. The van der Waals surface area contributed by atoms with Crippen LogP contribution in [0.4, 0.5) is 19.0 Å². The number of β-amino-alcohol motifs (C(OH)–C–C–N with tert-alkyl or cyclic N) is 1. The van der Waals surface area contributed by atoms with Crippen LogP contribution in [0, 0.1) is 11.3 Å². The highest BCUT2D eigenvalue weighted by Crippen LogP contribution is 2.40. The third-order valence-corrected chi connectivity index (χ3v) is 6.25. The van der Waals surface area contributed by atoms with Gasteiger partial charge in [0.25, 0.3) is 0 Å². The van der Waals surface area contributed by atoms with Gasteiger partial charge < -0.3 is 14.9 Å². The number of pyridine rings is 1. The van der Waals surface area contributed by atoms with Gasteiger partial charge in [-0.05, 0) is 32.3 Å². The molecular formula is C21H25F3N6O. The van der Waals surface area contributed by atoms with E-state index in [1.54, 1.807) is 21.8 Å². The second-order valence-corrected chi connectivity index (χ2v) is 8.20. The average Bonchev–Trinajstić information content (AvgIpc) is 3.22. The molecule has 0 aromatic carbocycles. The SMILES string of the molecule is C[C@H]1CCN1c1nc(-c2cnn(C3CCN(CCO)CC3)c2)cc(C(F)(F)F)c1C#N. The number of alkyl halides is 3. The summed E-state index contributed by atoms with van der Waals surface area (Å²) >= 11 is 0. The summed E-state index contributed by atoms with van der Waals surface area (Å²) in [7, 11) is 0. The van der Waals surface area contributed by atoms with Crippen LogP contribution in [-0.4, -0.2) is 63.6 Å². The van der Waals surface area contributed by atoms with E-state index in [4.69, 9.17) is 5.11 Å². The van der Waals surface area contributed by atoms with Crippen LogP contribution < -0.4 is 4.90 Å². The lowest BCUT2D eigenvalue weighted by atomic mass is 10.0. The molecule has 7 nitrogen and oxygen atoms in total. The molecule has 0 unspecified atom stereocenters. The number of hydrogen-bond acceptors (Lipinski definition) is 6. The van der Waals surface area contributed by atoms with Crippen molar-refractivity contribution >= 4 is 5.82 Å². The van der Waals surface area contributed by atoms with Crippen molar-refractivity contribution in [2.75, 3.05) is 37.7 Å². The molecule has 10 heteroatoms. The monoisotopic (exact) mass is 434 g/mol. The van der Waals surface area contributed by atoms with Crippen molar-refractivity contribution in [1.82, 2.24) is 19.7 Å². The molecular weight excluding hydrogens is 409 g/mol. The first-order chi connectivity index (χ1) is 14.8. The number of nitrogens with zero attached hydrogens (tertiary/aromatic N) is 6. The fourth-order valence-electron chi connectivity index (χ4n) is 4.27. The summed E-state index contributed by atoms with van der Waals surface area (Å²) in [6, 6.07) is 2.88. The molecule has 4 heterocycles. The number of aliphatic hydroxyl groups excluding tert-OH is 1. The molecule has 2 aliphatic rings. The molecule has 0 saturated carbocycles. The molecule has 0 bridgehead atoms. The lowest BCUT2D eigenvalue weighted by Crippen LogP contribution is -2.46. The van der Waals surface area contributed by atoms with Crippen LogP contribution in [0.2, 0.25) is 0 Å². The summed E-state index contributed by atoms with van der Waals surface area (Å²) in [5.41, 5.74) is -0.711. The van der Waals surface area contributed by atoms with E-state index in [0.29, 0.717) is 18.7 Å². The largest absolute Gasteiger partial charge is 0.417 e. The zero-order chi connectivity index (χ0) is 22.2. The molecule has 0 radical (unpaired) electrons. The van der Waals surface area contributed by atoms with Crippen LogP contribution in [-0.2, 0) is 6.18 Å². The van der Waals surface area contributed by atoms with Gasteiger partial charge in [-0.1, -0.05) is 0 Å². The maximum atomic E-state index is 13.7. The molecule has 0 amide bonds. The Morgan fingerprint density at radius 3 is 2.52 bits per heavy atom.